The van der Waals surface area contributed by atoms with Crippen molar-refractivity contribution in [2.45, 2.75) is 25.1 Å². The number of halogens is 3. The Kier molecular flexibility index (Phi) is 6.14. The number of nitrogens with zero attached hydrogens (tertiary/aromatic N) is 2. The van der Waals surface area contributed by atoms with Gasteiger partial charge in [0.25, 0.3) is 5.91 Å². The summed E-state index contributed by atoms with van der Waals surface area (Å²) in [4.78, 5) is 25.8. The van der Waals surface area contributed by atoms with Crippen molar-refractivity contribution in [3.05, 3.63) is 53.9 Å². The molecule has 1 aliphatic heterocycles. The Morgan fingerprint density at radius 1 is 1.10 bits per heavy atom. The van der Waals surface area contributed by atoms with Gasteiger partial charge in [-0.2, -0.15) is 13.2 Å². The molecule has 1 amide bonds. The van der Waals surface area contributed by atoms with Gasteiger partial charge in [0.1, 0.15) is 11.4 Å². The van der Waals surface area contributed by atoms with Gasteiger partial charge >= 0.3 is 12.1 Å². The van der Waals surface area contributed by atoms with Crippen LogP contribution in [0, 0.1) is 0 Å². The topological polar surface area (TPSA) is 60.8 Å². The molecule has 2 heterocycles. The van der Waals surface area contributed by atoms with Gasteiger partial charge in [-0.05, 0) is 49.2 Å². The summed E-state index contributed by atoms with van der Waals surface area (Å²) in [6, 6.07) is 7.79. The molecule has 9 heteroatoms. The number of likely N-dealkylation sites (tertiary alicyclic amines) is 1. The maximum Gasteiger partial charge on any atom is 0.416 e. The van der Waals surface area contributed by atoms with Crippen molar-refractivity contribution >= 4 is 11.9 Å². The zero-order valence-corrected chi connectivity index (χ0v) is 15.8. The number of hydrogen-bond donors (Lipinski definition) is 0. The van der Waals surface area contributed by atoms with Crippen LogP contribution in [0.4, 0.5) is 13.2 Å². The van der Waals surface area contributed by atoms with Gasteiger partial charge in [-0.3, -0.25) is 4.79 Å². The Morgan fingerprint density at radius 2 is 1.76 bits per heavy atom. The number of piperidine rings is 1. The average molecular weight is 410 g/mol. The van der Waals surface area contributed by atoms with Crippen molar-refractivity contribution in [3.63, 3.8) is 0 Å². The average Bonchev–Trinajstić information content (AvgIpc) is 3.21. The number of carbonyl (C=O) groups is 2. The van der Waals surface area contributed by atoms with Crippen LogP contribution < -0.4 is 4.74 Å². The molecule has 0 unspecified atom stereocenters. The number of benzene rings is 1. The van der Waals surface area contributed by atoms with Gasteiger partial charge in [0.2, 0.25) is 0 Å². The van der Waals surface area contributed by atoms with E-state index in [0.717, 1.165) is 12.1 Å². The van der Waals surface area contributed by atoms with Crippen molar-refractivity contribution in [3.8, 4) is 5.75 Å². The number of hydrogen-bond acceptors (Lipinski definition) is 4. The maximum absolute atomic E-state index is 12.6. The molecule has 156 valence electrons. The van der Waals surface area contributed by atoms with Crippen molar-refractivity contribution in [2.24, 2.45) is 0 Å². The lowest BCUT2D eigenvalue weighted by molar-refractivity contribution is -0.138. The van der Waals surface area contributed by atoms with Gasteiger partial charge in [-0.1, -0.05) is 0 Å². The van der Waals surface area contributed by atoms with E-state index in [-0.39, 0.29) is 24.3 Å². The van der Waals surface area contributed by atoms with Crippen LogP contribution in [0.2, 0.25) is 0 Å². The number of ether oxygens (including phenoxy) is 2. The summed E-state index contributed by atoms with van der Waals surface area (Å²) in [6.45, 7) is 0.754. The fourth-order valence-electron chi connectivity index (χ4n) is 3.36. The highest BCUT2D eigenvalue weighted by atomic mass is 19.4. The Labute approximate surface area is 165 Å². The largest absolute Gasteiger partial charge is 0.484 e. The molecule has 1 aromatic carbocycles. The number of rotatable bonds is 5. The van der Waals surface area contributed by atoms with E-state index in [0.29, 0.717) is 31.6 Å². The van der Waals surface area contributed by atoms with Crippen molar-refractivity contribution in [1.29, 1.82) is 0 Å². The molecule has 0 radical (unpaired) electrons. The van der Waals surface area contributed by atoms with Crippen molar-refractivity contribution < 1.29 is 32.2 Å². The predicted molar refractivity (Wildman–Crippen MR) is 97.6 cm³/mol. The van der Waals surface area contributed by atoms with Crippen LogP contribution in [0.1, 0.15) is 34.9 Å². The van der Waals surface area contributed by atoms with E-state index < -0.39 is 17.7 Å². The minimum atomic E-state index is -4.41. The summed E-state index contributed by atoms with van der Waals surface area (Å²) >= 11 is 0. The highest BCUT2D eigenvalue weighted by Gasteiger charge is 2.30. The van der Waals surface area contributed by atoms with E-state index >= 15 is 0 Å². The first kappa shape index (κ1) is 20.8. The second-order valence-electron chi connectivity index (χ2n) is 6.72. The van der Waals surface area contributed by atoms with Crippen LogP contribution in [0.3, 0.4) is 0 Å². The Balaban J connectivity index is 1.50. The summed E-state index contributed by atoms with van der Waals surface area (Å²) in [7, 11) is 1.33. The SMILES string of the molecule is COC(=O)c1cccn1C1CCN(C(=O)COc2ccc(C(F)(F)F)cc2)CC1. The molecule has 0 aliphatic carbocycles. The van der Waals surface area contributed by atoms with Gasteiger partial charge in [-0.25, -0.2) is 4.79 Å². The van der Waals surface area contributed by atoms with Crippen molar-refractivity contribution in [2.75, 3.05) is 26.8 Å². The first-order valence-electron chi connectivity index (χ1n) is 9.12. The molecular weight excluding hydrogens is 389 g/mol. The molecule has 0 N–H and O–H groups in total. The number of amides is 1. The van der Waals surface area contributed by atoms with Crippen LogP contribution in [-0.4, -0.2) is 48.1 Å². The van der Waals surface area contributed by atoms with Gasteiger partial charge in [0, 0.05) is 25.3 Å². The number of esters is 1. The molecule has 2 aromatic rings. The maximum atomic E-state index is 12.6. The summed E-state index contributed by atoms with van der Waals surface area (Å²) in [5.41, 5.74) is -0.294. The zero-order chi connectivity index (χ0) is 21.0. The molecule has 1 aliphatic rings. The van der Waals surface area contributed by atoms with Crippen LogP contribution in [-0.2, 0) is 15.7 Å². The van der Waals surface area contributed by atoms with Gasteiger partial charge < -0.3 is 18.9 Å². The lowest BCUT2D eigenvalue weighted by atomic mass is 10.0. The normalized spacial score (nSPS) is 15.2. The first-order chi connectivity index (χ1) is 13.8. The molecule has 29 heavy (non-hydrogen) atoms. The Bertz CT molecular complexity index is 853. The standard InChI is InChI=1S/C20H21F3N2O4/c1-28-19(27)17-3-2-10-25(17)15-8-11-24(12-9-15)18(26)13-29-16-6-4-14(5-7-16)20(21,22)23/h2-7,10,15H,8-9,11-13H2,1H3. The van der Waals surface area contributed by atoms with Crippen LogP contribution in [0.25, 0.3) is 0 Å². The number of aromatic nitrogens is 1. The Hall–Kier alpha value is -2.97. The van der Waals surface area contributed by atoms with Gasteiger partial charge in [0.05, 0.1) is 12.7 Å². The second kappa shape index (κ2) is 8.59. The third-order valence-electron chi connectivity index (χ3n) is 4.93. The van der Waals surface area contributed by atoms with Gasteiger partial charge in [-0.15, -0.1) is 0 Å². The summed E-state index contributed by atoms with van der Waals surface area (Å²) in [5.74, 6) is -0.432. The summed E-state index contributed by atoms with van der Waals surface area (Å²) < 4.78 is 49.7. The monoisotopic (exact) mass is 410 g/mol. The third kappa shape index (κ3) is 4.90. The quantitative estimate of drug-likeness (QED) is 0.708. The lowest BCUT2D eigenvalue weighted by Crippen LogP contribution is -2.41. The number of alkyl halides is 3. The first-order valence-corrected chi connectivity index (χ1v) is 9.12. The minimum absolute atomic E-state index is 0.0824. The summed E-state index contributed by atoms with van der Waals surface area (Å²) in [6.07, 6.45) is -1.25. The number of carbonyl (C=O) groups excluding carboxylic acids is 2. The molecule has 3 rings (SSSR count). The molecular formula is C20H21F3N2O4. The van der Waals surface area contributed by atoms with Crippen LogP contribution in [0.5, 0.6) is 5.75 Å². The Morgan fingerprint density at radius 3 is 2.34 bits per heavy atom. The van der Waals surface area contributed by atoms with Crippen LogP contribution in [0.15, 0.2) is 42.6 Å². The van der Waals surface area contributed by atoms with E-state index in [1.54, 1.807) is 17.0 Å². The smallest absolute Gasteiger partial charge is 0.416 e. The second-order valence-corrected chi connectivity index (χ2v) is 6.72. The highest BCUT2D eigenvalue weighted by Crippen LogP contribution is 2.30. The van der Waals surface area contributed by atoms with E-state index in [4.69, 9.17) is 9.47 Å². The molecule has 0 atom stereocenters. The predicted octanol–water partition coefficient (Wildman–Crippen LogP) is 3.54. The van der Waals surface area contributed by atoms with E-state index in [1.807, 2.05) is 10.8 Å². The molecule has 1 saturated heterocycles. The lowest BCUT2D eigenvalue weighted by Gasteiger charge is -2.33. The highest BCUT2D eigenvalue weighted by molar-refractivity contribution is 5.87. The molecule has 1 fully saturated rings. The van der Waals surface area contributed by atoms with E-state index in [9.17, 15) is 22.8 Å². The fourth-order valence-corrected chi connectivity index (χ4v) is 3.36. The van der Waals surface area contributed by atoms with E-state index in [2.05, 4.69) is 0 Å². The minimum Gasteiger partial charge on any atom is -0.484 e. The van der Waals surface area contributed by atoms with Gasteiger partial charge in [0.15, 0.2) is 6.61 Å². The molecule has 0 spiro atoms. The number of methoxy groups -OCH3 is 1. The third-order valence-corrected chi connectivity index (χ3v) is 4.93. The molecule has 6 nitrogen and oxygen atoms in total. The molecule has 1 aromatic heterocycles. The molecule has 0 bridgehead atoms. The zero-order valence-electron chi connectivity index (χ0n) is 15.8. The van der Waals surface area contributed by atoms with Crippen LogP contribution >= 0.6 is 0 Å². The van der Waals surface area contributed by atoms with E-state index in [1.165, 1.54) is 19.2 Å². The molecule has 0 saturated carbocycles. The van der Waals surface area contributed by atoms with Crippen molar-refractivity contribution in [1.82, 2.24) is 9.47 Å². The summed E-state index contributed by atoms with van der Waals surface area (Å²) in [5, 5.41) is 0. The fraction of sp³-hybridized carbons (Fsp3) is 0.400.